The minimum atomic E-state index is -3.52. The molecule has 0 aliphatic heterocycles. The average molecular weight is 410 g/mol. The molecule has 2 rings (SSSR count). The number of hydrogen-bond acceptors (Lipinski definition) is 7. The highest BCUT2D eigenvalue weighted by atomic mass is 32.2. The van der Waals surface area contributed by atoms with Crippen molar-refractivity contribution in [2.75, 3.05) is 37.8 Å². The van der Waals surface area contributed by atoms with Crippen LogP contribution in [0.2, 0.25) is 0 Å². The molecule has 0 saturated carbocycles. The van der Waals surface area contributed by atoms with E-state index < -0.39 is 16.1 Å². The smallest absolute Gasteiger partial charge is 0.229 e. The van der Waals surface area contributed by atoms with E-state index in [9.17, 15) is 18.6 Å². The normalized spacial score (nSPS) is 12.4. The average Bonchev–Trinajstić information content (AvgIpc) is 2.65. The van der Waals surface area contributed by atoms with E-state index in [4.69, 9.17) is 9.47 Å². The molecule has 0 unspecified atom stereocenters. The van der Waals surface area contributed by atoms with Crippen molar-refractivity contribution >= 4 is 15.7 Å². The summed E-state index contributed by atoms with van der Waals surface area (Å²) >= 11 is 0. The summed E-state index contributed by atoms with van der Waals surface area (Å²) in [4.78, 5) is 0. The fourth-order valence-corrected chi connectivity index (χ4v) is 2.99. The molecule has 0 amide bonds. The Balaban J connectivity index is 1.73. The second-order valence-electron chi connectivity index (χ2n) is 6.32. The standard InChI is InChI=1S/C19H26N2O6S/c1-26-16-5-3-14(4-6-16)9-10-20-12-15(22)13-27-17-7-8-19(23)18(11-17)21-28(2,24)25/h3-8,11,15,20-23H,9-10,12-13H2,1-2H3/t15-/m1/s1. The van der Waals surface area contributed by atoms with Gasteiger partial charge in [0.2, 0.25) is 10.0 Å². The monoisotopic (exact) mass is 410 g/mol. The molecule has 154 valence electrons. The lowest BCUT2D eigenvalue weighted by molar-refractivity contribution is 0.106. The molecule has 28 heavy (non-hydrogen) atoms. The zero-order chi connectivity index (χ0) is 20.6. The summed E-state index contributed by atoms with van der Waals surface area (Å²) in [7, 11) is -1.90. The van der Waals surface area contributed by atoms with Gasteiger partial charge in [-0.1, -0.05) is 12.1 Å². The third kappa shape index (κ3) is 7.63. The fourth-order valence-electron chi connectivity index (χ4n) is 2.43. The Morgan fingerprint density at radius 3 is 2.43 bits per heavy atom. The van der Waals surface area contributed by atoms with E-state index >= 15 is 0 Å². The summed E-state index contributed by atoms with van der Waals surface area (Å²) in [6.07, 6.45) is 1.06. The second-order valence-corrected chi connectivity index (χ2v) is 8.07. The molecular formula is C19H26N2O6S. The van der Waals surface area contributed by atoms with Crippen molar-refractivity contribution in [1.82, 2.24) is 5.32 Å². The minimum absolute atomic E-state index is 0.0205. The first-order valence-electron chi connectivity index (χ1n) is 8.72. The maximum atomic E-state index is 11.3. The summed E-state index contributed by atoms with van der Waals surface area (Å²) in [5, 5.41) is 22.9. The minimum Gasteiger partial charge on any atom is -0.506 e. The molecule has 0 radical (unpaired) electrons. The van der Waals surface area contributed by atoms with E-state index in [2.05, 4.69) is 10.0 Å². The topological polar surface area (TPSA) is 117 Å². The van der Waals surface area contributed by atoms with Gasteiger partial charge in [0.25, 0.3) is 0 Å². The van der Waals surface area contributed by atoms with Crippen molar-refractivity contribution in [3.05, 3.63) is 48.0 Å². The number of benzene rings is 2. The number of rotatable bonds is 11. The highest BCUT2D eigenvalue weighted by Gasteiger charge is 2.10. The third-order valence-electron chi connectivity index (χ3n) is 3.84. The maximum Gasteiger partial charge on any atom is 0.229 e. The second kappa shape index (κ2) is 10.2. The van der Waals surface area contributed by atoms with Crippen LogP contribution in [-0.2, 0) is 16.4 Å². The van der Waals surface area contributed by atoms with Gasteiger partial charge in [-0.2, -0.15) is 0 Å². The lowest BCUT2D eigenvalue weighted by Crippen LogP contribution is -2.32. The first-order valence-corrected chi connectivity index (χ1v) is 10.6. The zero-order valence-electron chi connectivity index (χ0n) is 15.9. The number of phenols is 1. The summed E-state index contributed by atoms with van der Waals surface area (Å²) in [5.41, 5.74) is 1.18. The van der Waals surface area contributed by atoms with Gasteiger partial charge in [-0.15, -0.1) is 0 Å². The van der Waals surface area contributed by atoms with Crippen LogP contribution < -0.4 is 19.5 Å². The van der Waals surface area contributed by atoms with E-state index in [1.54, 1.807) is 7.11 Å². The van der Waals surface area contributed by atoms with Gasteiger partial charge < -0.3 is 25.0 Å². The molecule has 0 aliphatic carbocycles. The molecule has 0 saturated heterocycles. The van der Waals surface area contributed by atoms with Gasteiger partial charge in [-0.05, 0) is 42.8 Å². The van der Waals surface area contributed by atoms with Gasteiger partial charge in [-0.3, -0.25) is 4.72 Å². The van der Waals surface area contributed by atoms with Gasteiger partial charge in [-0.25, -0.2) is 8.42 Å². The quantitative estimate of drug-likeness (QED) is 0.326. The van der Waals surface area contributed by atoms with Crippen LogP contribution in [0.1, 0.15) is 5.56 Å². The van der Waals surface area contributed by atoms with E-state index in [1.165, 1.54) is 18.2 Å². The molecule has 9 heteroatoms. The van der Waals surface area contributed by atoms with Gasteiger partial charge in [0.15, 0.2) is 0 Å². The Labute approximate surface area is 165 Å². The number of phenolic OH excluding ortho intramolecular Hbond substituents is 1. The van der Waals surface area contributed by atoms with Crippen LogP contribution in [0.15, 0.2) is 42.5 Å². The predicted molar refractivity (Wildman–Crippen MR) is 108 cm³/mol. The Morgan fingerprint density at radius 1 is 1.11 bits per heavy atom. The first kappa shape index (κ1) is 21.8. The Hall–Kier alpha value is -2.49. The van der Waals surface area contributed by atoms with Crippen LogP contribution in [0.5, 0.6) is 17.2 Å². The zero-order valence-corrected chi connectivity index (χ0v) is 16.7. The number of aliphatic hydroxyl groups excluding tert-OH is 1. The van der Waals surface area contributed by atoms with Crippen LogP contribution in [0.3, 0.4) is 0 Å². The molecule has 0 fully saturated rings. The summed E-state index contributed by atoms with van der Waals surface area (Å²) in [5.74, 6) is 0.938. The van der Waals surface area contributed by atoms with Crippen molar-refractivity contribution in [3.8, 4) is 17.2 Å². The Morgan fingerprint density at radius 2 is 1.79 bits per heavy atom. The number of sulfonamides is 1. The molecule has 0 aliphatic rings. The molecule has 2 aromatic carbocycles. The molecule has 8 nitrogen and oxygen atoms in total. The van der Waals surface area contributed by atoms with Crippen molar-refractivity contribution in [3.63, 3.8) is 0 Å². The van der Waals surface area contributed by atoms with Gasteiger partial charge in [0, 0.05) is 12.6 Å². The molecule has 0 bridgehead atoms. The molecular weight excluding hydrogens is 384 g/mol. The highest BCUT2D eigenvalue weighted by Crippen LogP contribution is 2.28. The van der Waals surface area contributed by atoms with Crippen molar-refractivity contribution in [2.24, 2.45) is 0 Å². The Kier molecular flexibility index (Phi) is 7.91. The lowest BCUT2D eigenvalue weighted by atomic mass is 10.1. The van der Waals surface area contributed by atoms with Crippen LogP contribution in [0.25, 0.3) is 0 Å². The number of nitrogens with one attached hydrogen (secondary N) is 2. The van der Waals surface area contributed by atoms with E-state index in [0.29, 0.717) is 18.8 Å². The summed E-state index contributed by atoms with van der Waals surface area (Å²) < 4.78 is 35.4. The molecule has 2 aromatic rings. The van der Waals surface area contributed by atoms with Crippen LogP contribution in [-0.4, -0.2) is 57.8 Å². The highest BCUT2D eigenvalue weighted by molar-refractivity contribution is 7.92. The summed E-state index contributed by atoms with van der Waals surface area (Å²) in [6.45, 7) is 1.08. The largest absolute Gasteiger partial charge is 0.506 e. The first-order chi connectivity index (χ1) is 13.3. The molecule has 0 spiro atoms. The van der Waals surface area contributed by atoms with Crippen molar-refractivity contribution < 1.29 is 28.1 Å². The number of hydrogen-bond donors (Lipinski definition) is 4. The van der Waals surface area contributed by atoms with Crippen molar-refractivity contribution in [2.45, 2.75) is 12.5 Å². The summed E-state index contributed by atoms with van der Waals surface area (Å²) in [6, 6.07) is 12.0. The third-order valence-corrected chi connectivity index (χ3v) is 4.43. The molecule has 4 N–H and O–H groups in total. The van der Waals surface area contributed by atoms with Crippen LogP contribution >= 0.6 is 0 Å². The fraction of sp³-hybridized carbons (Fsp3) is 0.368. The molecule has 0 heterocycles. The maximum absolute atomic E-state index is 11.3. The SMILES string of the molecule is COc1ccc(CCNC[C@@H](O)COc2ccc(O)c(NS(C)(=O)=O)c2)cc1. The van der Waals surface area contributed by atoms with Crippen LogP contribution in [0.4, 0.5) is 5.69 Å². The molecule has 1 atom stereocenters. The van der Waals surface area contributed by atoms with E-state index in [1.807, 2.05) is 24.3 Å². The lowest BCUT2D eigenvalue weighted by Gasteiger charge is -2.14. The number of anilines is 1. The molecule has 0 aromatic heterocycles. The predicted octanol–water partition coefficient (Wildman–Crippen LogP) is 1.34. The number of ether oxygens (including phenoxy) is 2. The van der Waals surface area contributed by atoms with Gasteiger partial charge in [0.05, 0.1) is 19.1 Å². The van der Waals surface area contributed by atoms with Gasteiger partial charge >= 0.3 is 0 Å². The number of aromatic hydroxyl groups is 1. The Bertz CT molecular complexity index is 855. The van der Waals surface area contributed by atoms with Crippen molar-refractivity contribution in [1.29, 1.82) is 0 Å². The van der Waals surface area contributed by atoms with Gasteiger partial charge in [0.1, 0.15) is 30.0 Å². The van der Waals surface area contributed by atoms with Crippen LogP contribution in [0, 0.1) is 0 Å². The van der Waals surface area contributed by atoms with E-state index in [-0.39, 0.29) is 18.0 Å². The van der Waals surface area contributed by atoms with E-state index in [0.717, 1.165) is 24.0 Å². The number of aliphatic hydroxyl groups is 1. The number of methoxy groups -OCH3 is 1.